The fourth-order valence-electron chi connectivity index (χ4n) is 2.23. The lowest BCUT2D eigenvalue weighted by atomic mass is 9.82. The van der Waals surface area contributed by atoms with Crippen molar-refractivity contribution in [3.05, 3.63) is 11.9 Å². The summed E-state index contributed by atoms with van der Waals surface area (Å²) in [7, 11) is 0. The number of amidine groups is 1. The number of alkyl halides is 3. The zero-order chi connectivity index (χ0) is 17.8. The van der Waals surface area contributed by atoms with Crippen molar-refractivity contribution in [2.24, 2.45) is 10.4 Å². The van der Waals surface area contributed by atoms with Crippen molar-refractivity contribution < 1.29 is 30.7 Å². The molecule has 2 rings (SSSR count). The van der Waals surface area contributed by atoms with Crippen molar-refractivity contribution in [3.8, 4) is 6.07 Å². The lowest BCUT2D eigenvalue weighted by molar-refractivity contribution is -0.0503. The molecule has 0 aromatic carbocycles. The van der Waals surface area contributed by atoms with Gasteiger partial charge in [-0.1, -0.05) is 0 Å². The van der Waals surface area contributed by atoms with Crippen LogP contribution < -0.4 is 5.32 Å². The molecule has 0 radical (unpaired) electrons. The van der Waals surface area contributed by atoms with Gasteiger partial charge in [0.2, 0.25) is 0 Å². The van der Waals surface area contributed by atoms with Crippen LogP contribution in [0, 0.1) is 16.7 Å². The molecular formula is C13H15F4N3O3S. The number of halogens is 4. The van der Waals surface area contributed by atoms with Crippen LogP contribution in [0.25, 0.3) is 0 Å². The number of nitrogens with one attached hydrogen (secondary N) is 1. The molecular weight excluding hydrogens is 354 g/mol. The standard InChI is InChI=1S/C13H15F4N3O3S/c14-9-1-2-10(23-24(21)13(15,16)17)20-11(9)19-8-12(7-18)3-5-22-6-4-12/h1,10H,2-6,8H2,(H,19,20). The molecule has 6 nitrogen and oxygen atoms in total. The van der Waals surface area contributed by atoms with E-state index in [0.717, 1.165) is 6.08 Å². The van der Waals surface area contributed by atoms with Gasteiger partial charge >= 0.3 is 5.51 Å². The predicted molar refractivity (Wildman–Crippen MR) is 76.4 cm³/mol. The van der Waals surface area contributed by atoms with E-state index in [2.05, 4.69) is 20.6 Å². The highest BCUT2D eigenvalue weighted by Crippen LogP contribution is 2.30. The lowest BCUT2D eigenvalue weighted by Crippen LogP contribution is -2.42. The Morgan fingerprint density at radius 3 is 2.75 bits per heavy atom. The third-order valence-electron chi connectivity index (χ3n) is 3.65. The molecule has 0 aliphatic carbocycles. The largest absolute Gasteiger partial charge is 0.497 e. The number of ether oxygens (including phenoxy) is 1. The minimum Gasteiger partial charge on any atom is -0.381 e. The van der Waals surface area contributed by atoms with Crippen molar-refractivity contribution in [2.75, 3.05) is 19.8 Å². The third kappa shape index (κ3) is 4.75. The van der Waals surface area contributed by atoms with Crippen LogP contribution in [0.15, 0.2) is 16.9 Å². The van der Waals surface area contributed by atoms with Crippen LogP contribution >= 0.6 is 0 Å². The van der Waals surface area contributed by atoms with Gasteiger partial charge in [-0.15, -0.1) is 0 Å². The van der Waals surface area contributed by atoms with Crippen molar-refractivity contribution in [1.29, 1.82) is 5.26 Å². The van der Waals surface area contributed by atoms with E-state index in [1.165, 1.54) is 0 Å². The van der Waals surface area contributed by atoms with E-state index in [4.69, 9.17) is 4.74 Å². The van der Waals surface area contributed by atoms with Crippen LogP contribution in [0.1, 0.15) is 19.3 Å². The summed E-state index contributed by atoms with van der Waals surface area (Å²) in [6.07, 6.45) is 0.312. The number of aliphatic imine (C=N–C) groups is 1. The summed E-state index contributed by atoms with van der Waals surface area (Å²) in [5.41, 5.74) is -5.82. The van der Waals surface area contributed by atoms with Crippen LogP contribution in [0.3, 0.4) is 0 Å². The SMILES string of the molecule is N#CC1(CN=C2NC(OS(=O)C(F)(F)F)CC=C2F)CCOCC1. The van der Waals surface area contributed by atoms with Crippen LogP contribution in [0.4, 0.5) is 17.6 Å². The van der Waals surface area contributed by atoms with Crippen LogP contribution in [0.5, 0.6) is 0 Å². The van der Waals surface area contributed by atoms with Crippen LogP contribution in [-0.2, 0) is 20.0 Å². The number of nitrogens with zero attached hydrogens (tertiary/aromatic N) is 2. The van der Waals surface area contributed by atoms with Gasteiger partial charge in [0.25, 0.3) is 11.1 Å². The Morgan fingerprint density at radius 1 is 1.50 bits per heavy atom. The minimum absolute atomic E-state index is 0.0223. The summed E-state index contributed by atoms with van der Waals surface area (Å²) in [4.78, 5) is 3.97. The molecule has 2 aliphatic heterocycles. The highest BCUT2D eigenvalue weighted by Gasteiger charge is 2.41. The second-order valence-electron chi connectivity index (χ2n) is 5.37. The Kier molecular flexibility index (Phi) is 5.95. The number of hydrogen-bond donors (Lipinski definition) is 1. The average molecular weight is 369 g/mol. The topological polar surface area (TPSA) is 83.7 Å². The Balaban J connectivity index is 2.04. The smallest absolute Gasteiger partial charge is 0.381 e. The van der Waals surface area contributed by atoms with Gasteiger partial charge in [-0.3, -0.25) is 9.18 Å². The van der Waals surface area contributed by atoms with E-state index in [1.54, 1.807) is 0 Å². The monoisotopic (exact) mass is 369 g/mol. The van der Waals surface area contributed by atoms with E-state index in [9.17, 15) is 27.0 Å². The zero-order valence-electron chi connectivity index (χ0n) is 12.4. The first-order valence-corrected chi connectivity index (χ1v) is 8.15. The van der Waals surface area contributed by atoms with E-state index in [-0.39, 0.29) is 18.8 Å². The Hall–Kier alpha value is -1.51. The molecule has 134 valence electrons. The fraction of sp³-hybridized carbons (Fsp3) is 0.692. The second-order valence-corrected chi connectivity index (χ2v) is 6.49. The van der Waals surface area contributed by atoms with E-state index >= 15 is 0 Å². The van der Waals surface area contributed by atoms with Crippen molar-refractivity contribution in [1.82, 2.24) is 5.32 Å². The fourth-order valence-corrected chi connectivity index (χ4v) is 2.68. The molecule has 2 heterocycles. The normalized spacial score (nSPS) is 27.0. The molecule has 1 fully saturated rings. The first kappa shape index (κ1) is 18.8. The molecule has 0 aromatic heterocycles. The Labute approximate surface area is 138 Å². The third-order valence-corrected chi connectivity index (χ3v) is 4.44. The van der Waals surface area contributed by atoms with Crippen molar-refractivity contribution in [3.63, 3.8) is 0 Å². The first-order valence-electron chi connectivity index (χ1n) is 7.07. The first-order chi connectivity index (χ1) is 11.3. The summed E-state index contributed by atoms with van der Waals surface area (Å²) in [6, 6.07) is 2.15. The Bertz CT molecular complexity index is 594. The quantitative estimate of drug-likeness (QED) is 0.767. The molecule has 24 heavy (non-hydrogen) atoms. The highest BCUT2D eigenvalue weighted by molar-refractivity contribution is 7.81. The van der Waals surface area contributed by atoms with Crippen molar-refractivity contribution in [2.45, 2.75) is 31.0 Å². The summed E-state index contributed by atoms with van der Waals surface area (Å²) in [5.74, 6) is -1.07. The molecule has 2 atom stereocenters. The molecule has 0 aromatic rings. The van der Waals surface area contributed by atoms with E-state index < -0.39 is 34.1 Å². The van der Waals surface area contributed by atoms with Gasteiger partial charge < -0.3 is 10.1 Å². The molecule has 2 aliphatic rings. The number of rotatable bonds is 4. The maximum absolute atomic E-state index is 13.8. The van der Waals surface area contributed by atoms with Gasteiger partial charge in [0, 0.05) is 19.6 Å². The molecule has 2 unspecified atom stereocenters. The zero-order valence-corrected chi connectivity index (χ0v) is 13.3. The molecule has 0 bridgehead atoms. The Morgan fingerprint density at radius 2 is 2.17 bits per heavy atom. The summed E-state index contributed by atoms with van der Waals surface area (Å²) < 4.78 is 71.0. The molecule has 0 saturated carbocycles. The van der Waals surface area contributed by atoms with Gasteiger partial charge in [0.15, 0.2) is 11.7 Å². The van der Waals surface area contributed by atoms with Crippen LogP contribution in [-0.4, -0.2) is 41.5 Å². The molecule has 1 N–H and O–H groups in total. The molecule has 0 spiro atoms. The van der Waals surface area contributed by atoms with Gasteiger partial charge in [-0.2, -0.15) is 18.4 Å². The van der Waals surface area contributed by atoms with Gasteiger partial charge in [0.1, 0.15) is 6.23 Å². The molecule has 1 saturated heterocycles. The van der Waals surface area contributed by atoms with Crippen LogP contribution in [0.2, 0.25) is 0 Å². The highest BCUT2D eigenvalue weighted by atomic mass is 32.2. The summed E-state index contributed by atoms with van der Waals surface area (Å²) in [5, 5.41) is 11.6. The molecule has 11 heteroatoms. The maximum atomic E-state index is 13.8. The average Bonchev–Trinajstić information content (AvgIpc) is 2.55. The van der Waals surface area contributed by atoms with Crippen molar-refractivity contribution >= 4 is 16.9 Å². The van der Waals surface area contributed by atoms with E-state index in [1.807, 2.05) is 0 Å². The summed E-state index contributed by atoms with van der Waals surface area (Å²) >= 11 is -3.52. The molecule has 0 amide bonds. The van der Waals surface area contributed by atoms with Gasteiger partial charge in [-0.05, 0) is 18.9 Å². The van der Waals surface area contributed by atoms with Gasteiger partial charge in [-0.25, -0.2) is 8.60 Å². The second kappa shape index (κ2) is 7.58. The number of nitriles is 1. The van der Waals surface area contributed by atoms with Gasteiger partial charge in [0.05, 0.1) is 18.0 Å². The summed E-state index contributed by atoms with van der Waals surface area (Å²) in [6.45, 7) is 0.756. The van der Waals surface area contributed by atoms with E-state index in [0.29, 0.717) is 26.1 Å². The maximum Gasteiger partial charge on any atom is 0.497 e. The lowest BCUT2D eigenvalue weighted by Gasteiger charge is -2.29. The number of hydrogen-bond acceptors (Lipinski definition) is 5. The minimum atomic E-state index is -5.02. The predicted octanol–water partition coefficient (Wildman–Crippen LogP) is 2.08.